The maximum atomic E-state index is 10.7. The van der Waals surface area contributed by atoms with Gasteiger partial charge in [0.2, 0.25) is 0 Å². The zero-order valence-corrected chi connectivity index (χ0v) is 13.2. The van der Waals surface area contributed by atoms with E-state index in [1.54, 1.807) is 17.4 Å². The first kappa shape index (κ1) is 14.7. The minimum absolute atomic E-state index is 0.00657. The molecule has 0 bridgehead atoms. The van der Waals surface area contributed by atoms with Gasteiger partial charge >= 0.3 is 5.97 Å². The van der Waals surface area contributed by atoms with Crippen molar-refractivity contribution in [2.75, 3.05) is 5.75 Å². The number of thiophene rings is 1. The number of thioether (sulfide) groups is 1. The predicted octanol–water partition coefficient (Wildman–Crippen LogP) is 4.18. The summed E-state index contributed by atoms with van der Waals surface area (Å²) < 4.78 is 0.927. The molecule has 0 aliphatic rings. The lowest BCUT2D eigenvalue weighted by atomic mass is 10.1. The molecule has 0 radical (unpaired) electrons. The molecule has 0 saturated heterocycles. The molecule has 1 aromatic carbocycles. The van der Waals surface area contributed by atoms with Crippen molar-refractivity contribution in [1.82, 2.24) is 9.97 Å². The molecule has 1 N–H and O–H groups in total. The van der Waals surface area contributed by atoms with E-state index in [0.29, 0.717) is 5.03 Å². The van der Waals surface area contributed by atoms with Gasteiger partial charge in [0.15, 0.2) is 0 Å². The zero-order chi connectivity index (χ0) is 15.5. The summed E-state index contributed by atoms with van der Waals surface area (Å²) in [5.41, 5.74) is 3.01. The summed E-state index contributed by atoms with van der Waals surface area (Å²) in [4.78, 5) is 20.3. The number of rotatable bonds is 5. The van der Waals surface area contributed by atoms with Crippen LogP contribution in [0.4, 0.5) is 0 Å². The quantitative estimate of drug-likeness (QED) is 0.562. The molecule has 0 atom stereocenters. The lowest BCUT2D eigenvalue weighted by Gasteiger charge is -1.98. The molecule has 6 heteroatoms. The van der Waals surface area contributed by atoms with Crippen LogP contribution in [0.5, 0.6) is 0 Å². The van der Waals surface area contributed by atoms with Gasteiger partial charge in [-0.3, -0.25) is 4.79 Å². The van der Waals surface area contributed by atoms with Crippen molar-refractivity contribution in [1.29, 1.82) is 0 Å². The fraction of sp³-hybridized carbons (Fsp3) is 0.0625. The molecule has 0 aliphatic heterocycles. The molecule has 0 fully saturated rings. The summed E-state index contributed by atoms with van der Waals surface area (Å²) in [5.74, 6) is -0.860. The monoisotopic (exact) mass is 328 g/mol. The second-order valence-electron chi connectivity index (χ2n) is 4.51. The minimum Gasteiger partial charge on any atom is -0.481 e. The first-order chi connectivity index (χ1) is 10.7. The van der Waals surface area contributed by atoms with Crippen LogP contribution < -0.4 is 0 Å². The van der Waals surface area contributed by atoms with Gasteiger partial charge in [0.25, 0.3) is 0 Å². The highest BCUT2D eigenvalue weighted by atomic mass is 32.2. The third-order valence-corrected chi connectivity index (χ3v) is 5.33. The molecule has 0 aliphatic carbocycles. The van der Waals surface area contributed by atoms with Crippen molar-refractivity contribution in [2.24, 2.45) is 0 Å². The molecule has 2 heterocycles. The van der Waals surface area contributed by atoms with Crippen LogP contribution in [0.15, 0.2) is 48.3 Å². The van der Waals surface area contributed by atoms with Crippen LogP contribution in [0.1, 0.15) is 5.56 Å². The Labute approximate surface area is 135 Å². The van der Waals surface area contributed by atoms with E-state index in [1.807, 2.05) is 30.3 Å². The number of benzene rings is 1. The van der Waals surface area contributed by atoms with E-state index in [1.165, 1.54) is 18.1 Å². The molecule has 0 amide bonds. The number of fused-ring (bicyclic) bond motifs is 1. The molecular formula is C16H12N2O2S2. The largest absolute Gasteiger partial charge is 0.481 e. The SMILES string of the molecule is C=Cc1ccc(-c2cc3ncnc(SCC(=O)O)c3s2)cc1. The van der Waals surface area contributed by atoms with E-state index >= 15 is 0 Å². The van der Waals surface area contributed by atoms with Crippen molar-refractivity contribution >= 4 is 45.4 Å². The highest BCUT2D eigenvalue weighted by Crippen LogP contribution is 2.36. The van der Waals surface area contributed by atoms with Gasteiger partial charge < -0.3 is 5.11 Å². The van der Waals surface area contributed by atoms with Gasteiger partial charge in [0, 0.05) is 4.88 Å². The van der Waals surface area contributed by atoms with Crippen molar-refractivity contribution in [2.45, 2.75) is 5.03 Å². The summed E-state index contributed by atoms with van der Waals surface area (Å²) >= 11 is 2.80. The number of carboxylic acid groups (broad SMARTS) is 1. The number of carbonyl (C=O) groups is 1. The number of carboxylic acids is 1. The highest BCUT2D eigenvalue weighted by molar-refractivity contribution is 8.00. The standard InChI is InChI=1S/C16H12N2O2S2/c1-2-10-3-5-11(6-4-10)13-7-12-15(22-13)16(18-9-17-12)21-8-14(19)20/h2-7,9H,1,8H2,(H,19,20). The van der Waals surface area contributed by atoms with Gasteiger partial charge in [-0.05, 0) is 17.2 Å². The van der Waals surface area contributed by atoms with Gasteiger partial charge in [0.1, 0.15) is 11.4 Å². The molecule has 0 saturated carbocycles. The fourth-order valence-electron chi connectivity index (χ4n) is 1.99. The van der Waals surface area contributed by atoms with E-state index in [9.17, 15) is 4.79 Å². The van der Waals surface area contributed by atoms with Crippen molar-refractivity contribution in [3.8, 4) is 10.4 Å². The van der Waals surface area contributed by atoms with Gasteiger partial charge in [-0.15, -0.1) is 11.3 Å². The average molecular weight is 328 g/mol. The fourth-order valence-corrected chi connectivity index (χ4v) is 3.91. The normalized spacial score (nSPS) is 10.7. The van der Waals surface area contributed by atoms with Gasteiger partial charge in [0.05, 0.1) is 16.0 Å². The van der Waals surface area contributed by atoms with Crippen LogP contribution in [0, 0.1) is 0 Å². The van der Waals surface area contributed by atoms with E-state index < -0.39 is 5.97 Å². The second kappa shape index (κ2) is 6.29. The first-order valence-electron chi connectivity index (χ1n) is 6.49. The Morgan fingerprint density at radius 3 is 2.77 bits per heavy atom. The van der Waals surface area contributed by atoms with Gasteiger partial charge in [-0.1, -0.05) is 48.7 Å². The number of hydrogen-bond donors (Lipinski definition) is 1. The number of aliphatic carboxylic acids is 1. The summed E-state index contributed by atoms with van der Waals surface area (Å²) in [6, 6.07) is 10.1. The minimum atomic E-state index is -0.853. The van der Waals surface area contributed by atoms with E-state index in [4.69, 9.17) is 5.11 Å². The van der Waals surface area contributed by atoms with Crippen molar-refractivity contribution < 1.29 is 9.90 Å². The van der Waals surface area contributed by atoms with Crippen LogP contribution >= 0.6 is 23.1 Å². The summed E-state index contributed by atoms with van der Waals surface area (Å²) in [6.45, 7) is 3.75. The van der Waals surface area contributed by atoms with Crippen LogP contribution in [0.25, 0.3) is 26.7 Å². The smallest absolute Gasteiger partial charge is 0.313 e. The molecule has 4 nitrogen and oxygen atoms in total. The lowest BCUT2D eigenvalue weighted by Crippen LogP contribution is -1.98. The molecule has 22 heavy (non-hydrogen) atoms. The van der Waals surface area contributed by atoms with Crippen LogP contribution in [0.3, 0.4) is 0 Å². The van der Waals surface area contributed by atoms with E-state index in [-0.39, 0.29) is 5.75 Å². The average Bonchev–Trinajstić information content (AvgIpc) is 2.97. The maximum absolute atomic E-state index is 10.7. The molecule has 110 valence electrons. The molecule has 0 spiro atoms. The summed E-state index contributed by atoms with van der Waals surface area (Å²) in [5, 5.41) is 9.52. The highest BCUT2D eigenvalue weighted by Gasteiger charge is 2.11. The van der Waals surface area contributed by atoms with E-state index in [2.05, 4.69) is 16.5 Å². The Morgan fingerprint density at radius 2 is 2.09 bits per heavy atom. The van der Waals surface area contributed by atoms with Crippen LogP contribution in [0.2, 0.25) is 0 Å². The third-order valence-electron chi connectivity index (χ3n) is 3.04. The molecular weight excluding hydrogens is 316 g/mol. The predicted molar refractivity (Wildman–Crippen MR) is 91.3 cm³/mol. The van der Waals surface area contributed by atoms with Gasteiger partial charge in [-0.25, -0.2) is 9.97 Å². The zero-order valence-electron chi connectivity index (χ0n) is 11.5. The van der Waals surface area contributed by atoms with Crippen molar-refractivity contribution in [3.63, 3.8) is 0 Å². The number of aromatic nitrogens is 2. The van der Waals surface area contributed by atoms with Crippen molar-refractivity contribution in [3.05, 3.63) is 48.8 Å². The lowest BCUT2D eigenvalue weighted by molar-refractivity contribution is -0.133. The molecule has 3 aromatic rings. The Morgan fingerprint density at radius 1 is 1.32 bits per heavy atom. The molecule has 0 unspecified atom stereocenters. The Balaban J connectivity index is 1.99. The molecule has 2 aromatic heterocycles. The second-order valence-corrected chi connectivity index (χ2v) is 6.53. The number of nitrogens with zero attached hydrogens (tertiary/aromatic N) is 2. The first-order valence-corrected chi connectivity index (χ1v) is 8.29. The summed E-state index contributed by atoms with van der Waals surface area (Å²) in [7, 11) is 0. The topological polar surface area (TPSA) is 63.1 Å². The Bertz CT molecular complexity index is 841. The summed E-state index contributed by atoms with van der Waals surface area (Å²) in [6.07, 6.45) is 3.28. The molecule has 3 rings (SSSR count). The van der Waals surface area contributed by atoms with Crippen LogP contribution in [-0.2, 0) is 4.79 Å². The Hall–Kier alpha value is -2.18. The van der Waals surface area contributed by atoms with E-state index in [0.717, 1.165) is 26.2 Å². The third kappa shape index (κ3) is 3.03. The maximum Gasteiger partial charge on any atom is 0.313 e. The number of hydrogen-bond acceptors (Lipinski definition) is 5. The Kier molecular flexibility index (Phi) is 4.22. The van der Waals surface area contributed by atoms with Gasteiger partial charge in [-0.2, -0.15) is 0 Å². The van der Waals surface area contributed by atoms with Crippen LogP contribution in [-0.4, -0.2) is 26.8 Å².